The highest BCUT2D eigenvalue weighted by Crippen LogP contribution is 2.34. The highest BCUT2D eigenvalue weighted by molar-refractivity contribution is 7.89. The quantitative estimate of drug-likeness (QED) is 0.592. The SMILES string of the molecule is [2H]C([2H])([2H])c1ccc(S(=O)(=O)NC23CCN(CC2)C3)cc1-c1cnc(N)c(-c2ncn(C([2H])([2H])[2H])n2)n1. The number of aryl methyl sites for hydroxylation is 2. The zero-order chi connectivity index (χ0) is 26.8. The maximum Gasteiger partial charge on any atom is 0.241 e. The molecule has 0 unspecified atom stereocenters. The van der Waals surface area contributed by atoms with Crippen LogP contribution in [-0.2, 0) is 17.0 Å². The van der Waals surface area contributed by atoms with Crippen LogP contribution in [-0.4, -0.2) is 63.2 Å². The maximum atomic E-state index is 13.4. The van der Waals surface area contributed by atoms with Crippen molar-refractivity contribution in [3.63, 3.8) is 0 Å². The van der Waals surface area contributed by atoms with Crippen LogP contribution in [0.4, 0.5) is 5.82 Å². The van der Waals surface area contributed by atoms with Crippen LogP contribution in [0.25, 0.3) is 22.8 Å². The molecule has 2 aliphatic rings. The number of nitrogens with one attached hydrogen (secondary N) is 1. The van der Waals surface area contributed by atoms with E-state index >= 15 is 0 Å². The summed E-state index contributed by atoms with van der Waals surface area (Å²) in [5, 5.41) is 3.89. The van der Waals surface area contributed by atoms with Gasteiger partial charge < -0.3 is 10.6 Å². The van der Waals surface area contributed by atoms with Crippen molar-refractivity contribution >= 4 is 15.8 Å². The average molecular weight is 447 g/mol. The van der Waals surface area contributed by atoms with Gasteiger partial charge in [-0.05, 0) is 37.4 Å². The van der Waals surface area contributed by atoms with Gasteiger partial charge in [0.2, 0.25) is 15.8 Å². The Morgan fingerprint density at radius 2 is 2.10 bits per heavy atom. The van der Waals surface area contributed by atoms with Crippen molar-refractivity contribution in [1.29, 1.82) is 0 Å². The van der Waals surface area contributed by atoms with Gasteiger partial charge in [0.25, 0.3) is 0 Å². The zero-order valence-electron chi connectivity index (χ0n) is 22.4. The Bertz CT molecular complexity index is 1460. The number of rotatable bonds is 5. The highest BCUT2D eigenvalue weighted by Gasteiger charge is 2.46. The van der Waals surface area contributed by atoms with Gasteiger partial charge in [0.05, 0.1) is 16.8 Å². The minimum Gasteiger partial charge on any atom is -0.382 e. The molecule has 0 saturated carbocycles. The molecule has 1 aromatic carbocycles. The van der Waals surface area contributed by atoms with Crippen molar-refractivity contribution in [3.05, 3.63) is 36.3 Å². The number of fused-ring (bicyclic) bond motifs is 2. The second-order valence-corrected chi connectivity index (χ2v) is 9.55. The molecule has 2 aliphatic heterocycles. The number of sulfonamides is 1. The van der Waals surface area contributed by atoms with Gasteiger partial charge >= 0.3 is 0 Å². The third kappa shape index (κ3) is 3.58. The van der Waals surface area contributed by atoms with Crippen molar-refractivity contribution in [1.82, 2.24) is 34.4 Å². The van der Waals surface area contributed by atoms with Crippen molar-refractivity contribution < 1.29 is 16.6 Å². The molecule has 0 radical (unpaired) electrons. The molecule has 5 rings (SSSR count). The molecule has 3 aromatic rings. The van der Waals surface area contributed by atoms with Gasteiger partial charge in [-0.3, -0.25) is 4.68 Å². The van der Waals surface area contributed by atoms with E-state index in [0.717, 1.165) is 19.4 Å². The number of benzene rings is 1. The van der Waals surface area contributed by atoms with E-state index in [1.54, 1.807) is 0 Å². The highest BCUT2D eigenvalue weighted by atomic mass is 32.2. The lowest BCUT2D eigenvalue weighted by Crippen LogP contribution is -2.47. The predicted octanol–water partition coefficient (Wildman–Crippen LogP) is 0.956. The molecule has 4 heterocycles. The van der Waals surface area contributed by atoms with E-state index in [2.05, 4.69) is 29.7 Å². The number of aromatic nitrogens is 5. The molecular formula is C20H24N8O2S. The maximum absolute atomic E-state index is 13.4. The standard InChI is InChI=1S/C20H24N8O2S/c1-13-3-4-14(31(29,30)26-20-5-7-28(11-20)8-6-20)9-15(13)16-10-22-18(21)17(24-16)19-23-12-27(2)25-19/h3-4,9-10,12,26H,5-8,11H2,1-2H3,(H2,21,22)/i1D3,2D3. The molecule has 10 nitrogen and oxygen atoms in total. The fraction of sp³-hybridized carbons (Fsp3) is 0.400. The first-order valence-electron chi connectivity index (χ1n) is 12.6. The third-order valence-corrected chi connectivity index (χ3v) is 7.35. The Morgan fingerprint density at radius 3 is 2.77 bits per heavy atom. The molecule has 162 valence electrons. The molecule has 2 aromatic heterocycles. The number of hydrogen-bond donors (Lipinski definition) is 2. The van der Waals surface area contributed by atoms with Gasteiger partial charge in [-0.25, -0.2) is 28.1 Å². The lowest BCUT2D eigenvalue weighted by Gasteiger charge is -2.26. The van der Waals surface area contributed by atoms with Gasteiger partial charge in [0.1, 0.15) is 6.33 Å². The number of hydrogen-bond acceptors (Lipinski definition) is 8. The van der Waals surface area contributed by atoms with E-state index in [4.69, 9.17) is 14.0 Å². The van der Waals surface area contributed by atoms with Gasteiger partial charge in [-0.1, -0.05) is 6.07 Å². The summed E-state index contributed by atoms with van der Waals surface area (Å²) in [6.45, 7) is -2.90. The summed E-state index contributed by atoms with van der Waals surface area (Å²) in [6.07, 6.45) is 3.62. The Morgan fingerprint density at radius 1 is 1.26 bits per heavy atom. The number of anilines is 1. The number of nitrogens with zero attached hydrogens (tertiary/aromatic N) is 6. The molecule has 0 aliphatic carbocycles. The van der Waals surface area contributed by atoms with E-state index in [1.807, 2.05) is 0 Å². The summed E-state index contributed by atoms with van der Waals surface area (Å²) in [5.74, 6) is -0.242. The average Bonchev–Trinajstić information content (AvgIpc) is 3.54. The second-order valence-electron chi connectivity index (χ2n) is 7.87. The second kappa shape index (κ2) is 7.08. The lowest BCUT2D eigenvalue weighted by atomic mass is 9.97. The molecule has 0 amide bonds. The van der Waals surface area contributed by atoms with Gasteiger partial charge in [0.15, 0.2) is 11.5 Å². The largest absolute Gasteiger partial charge is 0.382 e. The summed E-state index contributed by atoms with van der Waals surface area (Å²) in [5.41, 5.74) is 5.23. The minimum atomic E-state index is -3.99. The zero-order valence-corrected chi connectivity index (χ0v) is 17.2. The monoisotopic (exact) mass is 446 g/mol. The molecule has 2 bridgehead atoms. The Labute approximate surface area is 189 Å². The van der Waals surface area contributed by atoms with E-state index < -0.39 is 29.4 Å². The molecule has 31 heavy (non-hydrogen) atoms. The minimum absolute atomic E-state index is 0.0173. The molecule has 11 heteroatoms. The number of nitrogen functional groups attached to an aromatic ring is 1. The summed E-state index contributed by atoms with van der Waals surface area (Å²) in [6, 6.07) is 3.75. The summed E-state index contributed by atoms with van der Waals surface area (Å²) >= 11 is 0. The first-order chi connectivity index (χ1) is 17.2. The Hall–Kier alpha value is -2.89. The van der Waals surface area contributed by atoms with Crippen LogP contribution in [0.5, 0.6) is 0 Å². The normalized spacial score (nSPS) is 26.5. The van der Waals surface area contributed by atoms with Crippen LogP contribution in [0, 0.1) is 6.85 Å². The third-order valence-electron chi connectivity index (χ3n) is 5.77. The van der Waals surface area contributed by atoms with Crippen molar-refractivity contribution in [2.24, 2.45) is 6.98 Å². The topological polar surface area (TPSA) is 132 Å². The molecule has 3 N–H and O–H groups in total. The van der Waals surface area contributed by atoms with Crippen molar-refractivity contribution in [3.8, 4) is 22.8 Å². The van der Waals surface area contributed by atoms with Crippen molar-refractivity contribution in [2.45, 2.75) is 30.1 Å². The fourth-order valence-corrected chi connectivity index (χ4v) is 5.65. The van der Waals surface area contributed by atoms with Crippen LogP contribution in [0.2, 0.25) is 0 Å². The molecular weight excluding hydrogens is 416 g/mol. The molecule has 0 spiro atoms. The summed E-state index contributed by atoms with van der Waals surface area (Å²) in [4.78, 5) is 14.5. The fourth-order valence-electron chi connectivity index (χ4n) is 4.17. The van der Waals surface area contributed by atoms with E-state index in [1.165, 1.54) is 24.4 Å². The first-order valence-corrected chi connectivity index (χ1v) is 11.1. The van der Waals surface area contributed by atoms with Crippen molar-refractivity contribution in [2.75, 3.05) is 25.4 Å². The van der Waals surface area contributed by atoms with Crippen LogP contribution < -0.4 is 10.5 Å². The Kier molecular flexibility index (Phi) is 3.25. The predicted molar refractivity (Wildman–Crippen MR) is 115 cm³/mol. The van der Waals surface area contributed by atoms with Crippen LogP contribution >= 0.6 is 0 Å². The summed E-state index contributed by atoms with van der Waals surface area (Å²) in [7, 11) is -3.99. The smallest absolute Gasteiger partial charge is 0.241 e. The van der Waals surface area contributed by atoms with E-state index in [0.29, 0.717) is 24.1 Å². The first kappa shape index (κ1) is 14.2. The number of nitrogens with two attached hydrogens (primary N) is 1. The summed E-state index contributed by atoms with van der Waals surface area (Å²) < 4.78 is 76.5. The molecule has 2 saturated heterocycles. The van der Waals surface area contributed by atoms with Gasteiger partial charge in [-0.15, -0.1) is 5.10 Å². The number of piperidine rings is 1. The van der Waals surface area contributed by atoms with E-state index in [-0.39, 0.29) is 39.1 Å². The van der Waals surface area contributed by atoms with E-state index in [9.17, 15) is 8.42 Å². The lowest BCUT2D eigenvalue weighted by molar-refractivity contribution is 0.359. The van der Waals surface area contributed by atoms with Crippen LogP contribution in [0.1, 0.15) is 26.6 Å². The molecule has 2 fully saturated rings. The van der Waals surface area contributed by atoms with Crippen LogP contribution in [0.15, 0.2) is 35.6 Å². The van der Waals surface area contributed by atoms with Gasteiger partial charge in [0, 0.05) is 45.9 Å². The molecule has 0 atom stereocenters. The van der Waals surface area contributed by atoms with Crippen LogP contribution in [0.3, 0.4) is 0 Å². The van der Waals surface area contributed by atoms with Gasteiger partial charge in [-0.2, -0.15) is 0 Å². The Balaban J connectivity index is 1.58.